The molecule has 20 heteroatoms. The second-order valence-electron chi connectivity index (χ2n) is 12.3. The Morgan fingerprint density at radius 3 is 2.06 bits per heavy atom. The lowest BCUT2D eigenvalue weighted by Gasteiger charge is -2.20. The number of H-pyrrole nitrogens is 2. The van der Waals surface area contributed by atoms with Gasteiger partial charge in [-0.25, -0.2) is 4.98 Å². The molecule has 2 aromatic heterocycles. The van der Waals surface area contributed by atoms with Gasteiger partial charge in [0.2, 0.25) is 41.4 Å². The summed E-state index contributed by atoms with van der Waals surface area (Å²) in [7, 11) is 0. The van der Waals surface area contributed by atoms with Gasteiger partial charge in [-0.15, -0.1) is 0 Å². The Morgan fingerprint density at radius 2 is 1.42 bits per heavy atom. The molecule has 4 rings (SSSR count). The van der Waals surface area contributed by atoms with Gasteiger partial charge in [-0.05, 0) is 37.9 Å². The minimum Gasteiger partial charge on any atom is -0.480 e. The summed E-state index contributed by atoms with van der Waals surface area (Å²) in [5, 5.41) is 29.8. The van der Waals surface area contributed by atoms with Crippen molar-refractivity contribution < 1.29 is 43.5 Å². The predicted octanol–water partition coefficient (Wildman–Crippen LogP) is -3.55. The molecule has 53 heavy (non-hydrogen) atoms. The zero-order chi connectivity index (χ0) is 38.3. The molecule has 284 valence electrons. The number of carboxylic acid groups (broad SMARTS) is 1. The normalized spacial score (nSPS) is 15.3. The van der Waals surface area contributed by atoms with Crippen molar-refractivity contribution in [2.24, 2.45) is 0 Å². The summed E-state index contributed by atoms with van der Waals surface area (Å²) in [6.45, 7) is -0.195. The Bertz CT molecular complexity index is 1790. The van der Waals surface area contributed by atoms with E-state index in [1.54, 1.807) is 12.3 Å². The average molecular weight is 738 g/mol. The summed E-state index contributed by atoms with van der Waals surface area (Å²) in [5.41, 5.74) is 2.07. The summed E-state index contributed by atoms with van der Waals surface area (Å²) < 4.78 is 0. The first-order chi connectivity index (χ1) is 25.4. The fourth-order valence-electron chi connectivity index (χ4n) is 5.40. The number of carboxylic acids is 1. The fraction of sp³-hybridized carbons (Fsp3) is 0.424. The van der Waals surface area contributed by atoms with E-state index < -0.39 is 91.8 Å². The molecule has 1 saturated heterocycles. The number of aromatic amines is 2. The number of aromatic nitrogens is 3. The number of nitrogens with one attached hydrogen (secondary N) is 10. The Labute approximate surface area is 302 Å². The third-order valence-electron chi connectivity index (χ3n) is 8.23. The molecule has 11 N–H and O–H groups in total. The van der Waals surface area contributed by atoms with Crippen LogP contribution in [0.15, 0.2) is 43.0 Å². The van der Waals surface area contributed by atoms with Gasteiger partial charge in [-0.1, -0.05) is 18.2 Å². The topological polar surface area (TPSA) is 297 Å². The van der Waals surface area contributed by atoms with Gasteiger partial charge in [0, 0.05) is 41.8 Å². The number of para-hydroxylation sites is 1. The molecule has 0 radical (unpaired) electrons. The maximum atomic E-state index is 13.1. The summed E-state index contributed by atoms with van der Waals surface area (Å²) in [6, 6.07) is 3.48. The minimum atomic E-state index is -1.26. The van der Waals surface area contributed by atoms with Gasteiger partial charge < -0.3 is 57.6 Å². The number of hydrogen-bond acceptors (Lipinski definition) is 10. The quantitative estimate of drug-likeness (QED) is 0.0573. The monoisotopic (exact) mass is 737 g/mol. The van der Waals surface area contributed by atoms with Gasteiger partial charge in [-0.2, -0.15) is 0 Å². The Hall–Kier alpha value is -6.31. The van der Waals surface area contributed by atoms with Crippen LogP contribution in [-0.4, -0.2) is 124 Å². The van der Waals surface area contributed by atoms with E-state index >= 15 is 0 Å². The molecular formula is C33H43N11O9. The smallest absolute Gasteiger partial charge is 0.325 e. The van der Waals surface area contributed by atoms with Crippen LogP contribution in [-0.2, 0) is 51.2 Å². The predicted molar refractivity (Wildman–Crippen MR) is 186 cm³/mol. The zero-order valence-corrected chi connectivity index (χ0v) is 28.9. The van der Waals surface area contributed by atoms with Gasteiger partial charge in [-0.3, -0.25) is 38.4 Å². The molecule has 3 heterocycles. The average Bonchev–Trinajstić information content (AvgIpc) is 3.94. The van der Waals surface area contributed by atoms with Crippen molar-refractivity contribution in [2.45, 2.75) is 56.8 Å². The molecule has 4 atom stereocenters. The lowest BCUT2D eigenvalue weighted by molar-refractivity contribution is -0.141. The zero-order valence-electron chi connectivity index (χ0n) is 28.9. The summed E-state index contributed by atoms with van der Waals surface area (Å²) in [5.74, 6) is -5.90. The maximum absolute atomic E-state index is 13.1. The molecular weight excluding hydrogens is 694 g/mol. The Balaban J connectivity index is 1.24. The largest absolute Gasteiger partial charge is 0.480 e. The van der Waals surface area contributed by atoms with Crippen molar-refractivity contribution in [3.05, 3.63) is 54.2 Å². The first-order valence-corrected chi connectivity index (χ1v) is 16.9. The van der Waals surface area contributed by atoms with Crippen molar-refractivity contribution >= 4 is 58.2 Å². The number of nitrogens with zero attached hydrogens (tertiary/aromatic N) is 1. The number of hydrogen-bond donors (Lipinski definition) is 11. The SMILES string of the molecule is C[C@H](NC(=O)CNC(=O)[C@H](Cc1c[nH]c2ccccc12)NC(=O)CNC(=O)CNC(=O)CNC(=O)[C@H](Cc1cnc[nH]1)NC(=O)[C@@H]1CCCN1)C(=O)O. The van der Waals surface area contributed by atoms with Gasteiger partial charge in [0.25, 0.3) is 0 Å². The number of aliphatic carboxylic acids is 1. The van der Waals surface area contributed by atoms with E-state index in [2.05, 4.69) is 57.5 Å². The number of benzene rings is 1. The van der Waals surface area contributed by atoms with Crippen LogP contribution in [0, 0.1) is 0 Å². The van der Waals surface area contributed by atoms with E-state index in [1.165, 1.54) is 19.4 Å². The Morgan fingerprint density at radius 1 is 0.792 bits per heavy atom. The summed E-state index contributed by atoms with van der Waals surface area (Å²) in [4.78, 5) is 109. The van der Waals surface area contributed by atoms with Crippen LogP contribution in [0.1, 0.15) is 31.0 Å². The van der Waals surface area contributed by atoms with E-state index in [9.17, 15) is 38.4 Å². The molecule has 0 unspecified atom stereocenters. The van der Waals surface area contributed by atoms with Gasteiger partial charge in [0.05, 0.1) is 38.5 Å². The molecule has 1 aliphatic heterocycles. The lowest BCUT2D eigenvalue weighted by atomic mass is 10.0. The van der Waals surface area contributed by atoms with Crippen LogP contribution in [0.2, 0.25) is 0 Å². The lowest BCUT2D eigenvalue weighted by Crippen LogP contribution is -2.54. The molecule has 3 aromatic rings. The standard InChI is InChI=1S/C33H43N11O9/c1-18(33(52)53)42-28(47)16-40-30(49)24(9-19-11-36-22-6-3-2-5-21(19)22)43-29(48)15-38-26(45)13-37-27(46)14-39-31(50)25(10-20-12-34-17-41-20)44-32(51)23-7-4-8-35-23/h2-3,5-6,11-12,17-18,23-25,35-36H,4,7-10,13-16H2,1H3,(H,34,41)(H,37,46)(H,38,45)(H,39,50)(H,40,49)(H,42,47)(H,43,48)(H,44,51)(H,52,53)/t18-,23-,24-,25-/m0/s1. The van der Waals surface area contributed by atoms with E-state index in [4.69, 9.17) is 5.11 Å². The van der Waals surface area contributed by atoms with Crippen molar-refractivity contribution in [2.75, 3.05) is 32.7 Å². The van der Waals surface area contributed by atoms with Gasteiger partial charge in [0.15, 0.2) is 0 Å². The van der Waals surface area contributed by atoms with Crippen LogP contribution in [0.4, 0.5) is 0 Å². The van der Waals surface area contributed by atoms with Crippen molar-refractivity contribution in [3.63, 3.8) is 0 Å². The van der Waals surface area contributed by atoms with E-state index in [0.29, 0.717) is 24.2 Å². The highest BCUT2D eigenvalue weighted by molar-refractivity contribution is 5.95. The number of rotatable bonds is 19. The molecule has 0 saturated carbocycles. The number of fused-ring (bicyclic) bond motifs is 1. The number of amides is 7. The molecule has 0 aliphatic carbocycles. The van der Waals surface area contributed by atoms with E-state index in [0.717, 1.165) is 17.3 Å². The van der Waals surface area contributed by atoms with Crippen molar-refractivity contribution in [3.8, 4) is 0 Å². The molecule has 1 aliphatic rings. The van der Waals surface area contributed by atoms with Gasteiger partial charge in [0.1, 0.15) is 18.1 Å². The van der Waals surface area contributed by atoms with Crippen LogP contribution in [0.25, 0.3) is 10.9 Å². The van der Waals surface area contributed by atoms with E-state index in [1.807, 2.05) is 18.2 Å². The fourth-order valence-corrected chi connectivity index (χ4v) is 5.40. The summed E-state index contributed by atoms with van der Waals surface area (Å²) in [6.07, 6.45) is 6.19. The number of carbonyl (C=O) groups is 8. The van der Waals surface area contributed by atoms with Crippen molar-refractivity contribution in [1.29, 1.82) is 0 Å². The molecule has 0 spiro atoms. The minimum absolute atomic E-state index is 0.00829. The Kier molecular flexibility index (Phi) is 14.4. The molecule has 7 amide bonds. The van der Waals surface area contributed by atoms with Crippen molar-refractivity contribution in [1.82, 2.24) is 57.5 Å². The molecule has 0 bridgehead atoms. The second kappa shape index (κ2) is 19.3. The first kappa shape index (κ1) is 39.5. The third-order valence-corrected chi connectivity index (χ3v) is 8.23. The number of imidazole rings is 1. The second-order valence-corrected chi connectivity index (χ2v) is 12.3. The van der Waals surface area contributed by atoms with Crippen LogP contribution < -0.4 is 42.5 Å². The highest BCUT2D eigenvalue weighted by atomic mass is 16.4. The van der Waals surface area contributed by atoms with Crippen LogP contribution in [0.3, 0.4) is 0 Å². The van der Waals surface area contributed by atoms with E-state index in [-0.39, 0.29) is 18.7 Å². The first-order valence-electron chi connectivity index (χ1n) is 16.9. The third kappa shape index (κ3) is 12.5. The molecule has 1 fully saturated rings. The van der Waals surface area contributed by atoms with Gasteiger partial charge >= 0.3 is 5.97 Å². The maximum Gasteiger partial charge on any atom is 0.325 e. The molecule has 1 aromatic carbocycles. The van der Waals surface area contributed by atoms with Crippen LogP contribution >= 0.6 is 0 Å². The number of carbonyl (C=O) groups excluding carboxylic acids is 7. The highest BCUT2D eigenvalue weighted by Gasteiger charge is 2.28. The highest BCUT2D eigenvalue weighted by Crippen LogP contribution is 2.19. The van der Waals surface area contributed by atoms with Crippen LogP contribution in [0.5, 0.6) is 0 Å². The summed E-state index contributed by atoms with van der Waals surface area (Å²) >= 11 is 0. The molecule has 20 nitrogen and oxygen atoms in total.